The Kier molecular flexibility index (Phi) is 5.25. The summed E-state index contributed by atoms with van der Waals surface area (Å²) in [6.45, 7) is 2.77. The van der Waals surface area contributed by atoms with Crippen LogP contribution in [0, 0.1) is 11.3 Å². The molecule has 1 aliphatic heterocycles. The lowest BCUT2D eigenvalue weighted by atomic mass is 10.0. The van der Waals surface area contributed by atoms with Gasteiger partial charge in [-0.2, -0.15) is 5.26 Å². The lowest BCUT2D eigenvalue weighted by molar-refractivity contribution is 0.100. The number of nitrogens with zero attached hydrogens (tertiary/aromatic N) is 5. The van der Waals surface area contributed by atoms with Crippen molar-refractivity contribution in [1.29, 1.82) is 5.26 Å². The molecule has 3 N–H and O–H groups in total. The van der Waals surface area contributed by atoms with E-state index >= 15 is 0 Å². The van der Waals surface area contributed by atoms with Gasteiger partial charge in [0.2, 0.25) is 0 Å². The number of hydrogen-bond acceptors (Lipinski definition) is 7. The summed E-state index contributed by atoms with van der Waals surface area (Å²) in [7, 11) is 0. The summed E-state index contributed by atoms with van der Waals surface area (Å²) in [6.07, 6.45) is 1.16. The third-order valence-electron chi connectivity index (χ3n) is 5.06. The quantitative estimate of drug-likeness (QED) is 0.643. The van der Waals surface area contributed by atoms with E-state index in [2.05, 4.69) is 31.7 Å². The van der Waals surface area contributed by atoms with E-state index in [0.717, 1.165) is 31.6 Å². The molecule has 0 aliphatic carbocycles. The fourth-order valence-electron chi connectivity index (χ4n) is 3.38. The third kappa shape index (κ3) is 3.83. The van der Waals surface area contributed by atoms with Crippen molar-refractivity contribution >= 4 is 34.2 Å². The highest BCUT2D eigenvalue weighted by Gasteiger charge is 2.23. The van der Waals surface area contributed by atoms with Gasteiger partial charge in [0.1, 0.15) is 11.6 Å². The Hall–Kier alpha value is -3.28. The van der Waals surface area contributed by atoms with Crippen LogP contribution in [-0.2, 0) is 0 Å². The second-order valence-electron chi connectivity index (χ2n) is 6.91. The molecule has 1 fully saturated rings. The van der Waals surface area contributed by atoms with Gasteiger partial charge < -0.3 is 16.0 Å². The predicted octanol–water partition coefficient (Wildman–Crippen LogP) is 2.51. The van der Waals surface area contributed by atoms with Crippen LogP contribution in [0.4, 0.5) is 5.82 Å². The lowest BCUT2D eigenvalue weighted by Crippen LogP contribution is -2.41. The first-order valence-corrected chi connectivity index (χ1v) is 9.55. The summed E-state index contributed by atoms with van der Waals surface area (Å²) in [4.78, 5) is 14.0. The molecule has 0 saturated carbocycles. The molecule has 4 rings (SSSR count). The van der Waals surface area contributed by atoms with Crippen molar-refractivity contribution in [1.82, 2.24) is 20.3 Å². The van der Waals surface area contributed by atoms with E-state index < -0.39 is 5.91 Å². The molecule has 2 heterocycles. The van der Waals surface area contributed by atoms with Gasteiger partial charge in [0.25, 0.3) is 5.91 Å². The summed E-state index contributed by atoms with van der Waals surface area (Å²) >= 11 is 6.10. The number of carbonyl (C=O) groups is 1. The Morgan fingerprint density at radius 1 is 1.31 bits per heavy atom. The summed E-state index contributed by atoms with van der Waals surface area (Å²) in [5, 5.41) is 25.8. The first-order chi connectivity index (χ1) is 14.1. The highest BCUT2D eigenvalue weighted by Crippen LogP contribution is 2.28. The van der Waals surface area contributed by atoms with Gasteiger partial charge in [-0.3, -0.25) is 4.79 Å². The van der Waals surface area contributed by atoms with Crippen molar-refractivity contribution in [2.75, 3.05) is 25.0 Å². The van der Waals surface area contributed by atoms with Crippen LogP contribution in [0.5, 0.6) is 0 Å². The van der Waals surface area contributed by atoms with Crippen LogP contribution in [0.25, 0.3) is 10.9 Å². The molecule has 0 radical (unpaired) electrons. The number of rotatable bonds is 6. The monoisotopic (exact) mass is 407 g/mol. The van der Waals surface area contributed by atoms with E-state index in [9.17, 15) is 10.1 Å². The van der Waals surface area contributed by atoms with Crippen LogP contribution in [0.1, 0.15) is 33.9 Å². The molecule has 1 saturated heterocycles. The van der Waals surface area contributed by atoms with Gasteiger partial charge in [-0.15, -0.1) is 10.2 Å². The number of hydrogen-bond donors (Lipinski definition) is 2. The van der Waals surface area contributed by atoms with Crippen LogP contribution in [0.3, 0.4) is 0 Å². The van der Waals surface area contributed by atoms with Crippen LogP contribution in [-0.4, -0.2) is 45.9 Å². The topological polar surface area (TPSA) is 121 Å². The molecule has 1 aliphatic rings. The average molecular weight is 408 g/mol. The molecule has 0 unspecified atom stereocenters. The Morgan fingerprint density at radius 3 is 2.83 bits per heavy atom. The van der Waals surface area contributed by atoms with E-state index in [0.29, 0.717) is 27.3 Å². The number of nitrogens with one attached hydrogen (secondary N) is 1. The molecule has 1 aromatic heterocycles. The molecule has 9 heteroatoms. The molecule has 8 nitrogen and oxygen atoms in total. The van der Waals surface area contributed by atoms with Crippen molar-refractivity contribution in [2.45, 2.75) is 12.5 Å². The number of aromatic nitrogens is 3. The first kappa shape index (κ1) is 19.1. The zero-order chi connectivity index (χ0) is 20.4. The zero-order valence-electron chi connectivity index (χ0n) is 15.5. The van der Waals surface area contributed by atoms with Gasteiger partial charge in [0.15, 0.2) is 5.82 Å². The van der Waals surface area contributed by atoms with Crippen LogP contribution in [0.15, 0.2) is 36.4 Å². The molecule has 3 aromatic rings. The third-order valence-corrected chi connectivity index (χ3v) is 5.39. The summed E-state index contributed by atoms with van der Waals surface area (Å²) < 4.78 is 0. The number of carbonyl (C=O) groups excluding carboxylic acids is 1. The van der Waals surface area contributed by atoms with Gasteiger partial charge in [-0.25, -0.2) is 0 Å². The van der Waals surface area contributed by atoms with Crippen LogP contribution < -0.4 is 11.1 Å². The Balaban J connectivity index is 1.74. The highest BCUT2D eigenvalue weighted by atomic mass is 35.5. The maximum Gasteiger partial charge on any atom is 0.250 e. The van der Waals surface area contributed by atoms with E-state index in [4.69, 9.17) is 17.3 Å². The average Bonchev–Trinajstić information content (AvgIpc) is 2.69. The fourth-order valence-corrected chi connectivity index (χ4v) is 3.54. The molecule has 2 aromatic carbocycles. The van der Waals surface area contributed by atoms with Gasteiger partial charge in [-0.1, -0.05) is 23.7 Å². The van der Waals surface area contributed by atoms with E-state index in [1.807, 2.05) is 12.1 Å². The van der Waals surface area contributed by atoms with E-state index in [1.54, 1.807) is 24.3 Å². The number of benzene rings is 2. The number of nitriles is 1. The largest absolute Gasteiger partial charge is 0.366 e. The fraction of sp³-hybridized carbons (Fsp3) is 0.250. The number of nitrogens with two attached hydrogens (primary N) is 1. The number of amides is 1. The van der Waals surface area contributed by atoms with E-state index in [-0.39, 0.29) is 11.6 Å². The molecule has 29 heavy (non-hydrogen) atoms. The number of primary amides is 1. The molecular weight excluding hydrogens is 390 g/mol. The molecule has 0 spiro atoms. The Bertz CT molecular complexity index is 1120. The molecule has 146 valence electrons. The van der Waals surface area contributed by atoms with Gasteiger partial charge >= 0.3 is 0 Å². The van der Waals surface area contributed by atoms with E-state index in [1.165, 1.54) is 0 Å². The number of halogens is 1. The van der Waals surface area contributed by atoms with Crippen LogP contribution >= 0.6 is 11.6 Å². The van der Waals surface area contributed by atoms with Crippen molar-refractivity contribution < 1.29 is 4.79 Å². The normalized spacial score (nSPS) is 14.8. The number of anilines is 1. The second-order valence-corrected chi connectivity index (χ2v) is 7.31. The van der Waals surface area contributed by atoms with Gasteiger partial charge in [-0.05, 0) is 54.6 Å². The maximum atomic E-state index is 11.7. The number of likely N-dealkylation sites (tertiary alicyclic amines) is 1. The lowest BCUT2D eigenvalue weighted by Gasteiger charge is -2.34. The zero-order valence-corrected chi connectivity index (χ0v) is 16.2. The van der Waals surface area contributed by atoms with Crippen molar-refractivity contribution in [2.24, 2.45) is 5.73 Å². The molecule has 1 amide bonds. The molecular formula is C20H18ClN7O. The van der Waals surface area contributed by atoms with Crippen molar-refractivity contribution in [3.63, 3.8) is 0 Å². The Morgan fingerprint density at radius 2 is 2.14 bits per heavy atom. The summed E-state index contributed by atoms with van der Waals surface area (Å²) in [5.41, 5.74) is 7.48. The summed E-state index contributed by atoms with van der Waals surface area (Å²) in [5.74, 6) is -0.0763. The minimum Gasteiger partial charge on any atom is -0.366 e. The SMILES string of the molecule is N#Cc1cc([C@@H](CN2CCC2)Nc2nnnc3c(C(N)=O)cccc23)ccc1Cl. The molecule has 1 atom stereocenters. The first-order valence-electron chi connectivity index (χ1n) is 9.17. The highest BCUT2D eigenvalue weighted by molar-refractivity contribution is 6.31. The minimum atomic E-state index is -0.574. The standard InChI is InChI=1S/C20H18ClN7O/c21-16-6-5-12(9-13(16)10-22)17(11-28-7-2-8-28)24-20-15-4-1-3-14(19(23)29)18(15)25-27-26-20/h1,3-6,9,17H,2,7-8,11H2,(H2,23,29)(H,24,25,26)/t17-/m1/s1. The smallest absolute Gasteiger partial charge is 0.250 e. The van der Waals surface area contributed by atoms with Crippen LogP contribution in [0.2, 0.25) is 5.02 Å². The van der Waals surface area contributed by atoms with Crippen molar-refractivity contribution in [3.05, 3.63) is 58.1 Å². The van der Waals surface area contributed by atoms with Gasteiger partial charge in [0.05, 0.1) is 22.2 Å². The Labute approximate surface area is 172 Å². The number of fused-ring (bicyclic) bond motifs is 1. The maximum absolute atomic E-state index is 11.7. The van der Waals surface area contributed by atoms with Gasteiger partial charge in [0, 0.05) is 11.9 Å². The van der Waals surface area contributed by atoms with Crippen molar-refractivity contribution in [3.8, 4) is 6.07 Å². The summed E-state index contributed by atoms with van der Waals surface area (Å²) in [6, 6.07) is 12.5. The second kappa shape index (κ2) is 7.99. The predicted molar refractivity (Wildman–Crippen MR) is 109 cm³/mol. The molecule has 0 bridgehead atoms. The minimum absolute atomic E-state index is 0.156.